The first-order chi connectivity index (χ1) is 5.25. The van der Waals surface area contributed by atoms with E-state index in [1.807, 2.05) is 4.81 Å². The van der Waals surface area contributed by atoms with Gasteiger partial charge in [0.05, 0.1) is 0 Å². The molecule has 1 heterocycles. The van der Waals surface area contributed by atoms with Crippen molar-refractivity contribution in [3.05, 3.63) is 14.0 Å². The smallest absolute Gasteiger partial charge is 0.374 e. The van der Waals surface area contributed by atoms with Crippen LogP contribution >= 0.6 is 0 Å². The minimum Gasteiger partial charge on any atom is -0.565 e. The van der Waals surface area contributed by atoms with E-state index in [1.165, 1.54) is 0 Å². The molecule has 3 N–H and O–H groups in total. The Morgan fingerprint density at radius 2 is 2.15 bits per heavy atom. The van der Waals surface area contributed by atoms with Crippen molar-refractivity contribution in [1.29, 1.82) is 0 Å². The summed E-state index contributed by atoms with van der Waals surface area (Å²) in [5, 5.41) is 20.9. The Balaban J connectivity index is 0. The number of rotatable bonds is 4. The van der Waals surface area contributed by atoms with Gasteiger partial charge in [-0.3, -0.25) is 0 Å². The Morgan fingerprint density at radius 3 is 2.38 bits per heavy atom. The van der Waals surface area contributed by atoms with E-state index in [0.717, 1.165) is 19.7 Å². The molecule has 75 valence electrons. The summed E-state index contributed by atoms with van der Waals surface area (Å²) in [6.45, 7) is 5.02. The molecule has 1 radical (unpaired) electrons. The molecule has 1 fully saturated rings. The number of nitrogens with zero attached hydrogens (tertiary/aromatic N) is 1. The van der Waals surface area contributed by atoms with Crippen LogP contribution in [-0.4, -0.2) is 47.7 Å². The van der Waals surface area contributed by atoms with Crippen LogP contribution in [0.5, 0.6) is 0 Å². The maximum absolute atomic E-state index is 9.25. The topological polar surface area (TPSA) is 55.7 Å². The fraction of sp³-hybridized carbons (Fsp3) is 0.714. The van der Waals surface area contributed by atoms with E-state index in [2.05, 4.69) is 5.32 Å². The average Bonchev–Trinajstić information content (AvgIpc) is 1.82. The summed E-state index contributed by atoms with van der Waals surface area (Å²) >= 11 is 0. The minimum absolute atomic E-state index is 0. The van der Waals surface area contributed by atoms with Gasteiger partial charge in [-0.05, 0) is 6.82 Å². The standard InChI is InChI=1S/C6H14BN2O2.CH3.Y/c1-7(11)9(2-3-10)6-4-8-5-6;;/h3,6,8,10-11H,2,4-5H2,1H3;1H3;/q2*-1;. The van der Waals surface area contributed by atoms with E-state index in [0.29, 0.717) is 12.6 Å². The fourth-order valence-electron chi connectivity index (χ4n) is 1.21. The molecule has 0 aromatic rings. The second-order valence-electron chi connectivity index (χ2n) is 2.82. The Bertz CT molecular complexity index is 125. The van der Waals surface area contributed by atoms with Gasteiger partial charge in [-0.15, -0.1) is 6.54 Å². The maximum atomic E-state index is 9.25. The third-order valence-corrected chi connectivity index (χ3v) is 2.00. The van der Waals surface area contributed by atoms with Crippen molar-refractivity contribution in [2.75, 3.05) is 19.6 Å². The van der Waals surface area contributed by atoms with E-state index in [1.54, 1.807) is 6.82 Å². The van der Waals surface area contributed by atoms with E-state index < -0.39 is 7.05 Å². The molecular weight excluding hydrogens is 244 g/mol. The molecule has 1 aliphatic heterocycles. The van der Waals surface area contributed by atoms with Gasteiger partial charge in [0, 0.05) is 51.8 Å². The first-order valence-electron chi connectivity index (χ1n) is 3.86. The monoisotopic (exact) mass is 261 g/mol. The zero-order valence-electron chi connectivity index (χ0n) is 8.27. The summed E-state index contributed by atoms with van der Waals surface area (Å²) in [5.41, 5.74) is 0. The summed E-state index contributed by atoms with van der Waals surface area (Å²) < 4.78 is 0. The van der Waals surface area contributed by atoms with Crippen LogP contribution in [-0.2, 0) is 32.7 Å². The van der Waals surface area contributed by atoms with Gasteiger partial charge in [0.2, 0.25) is 0 Å². The van der Waals surface area contributed by atoms with Crippen LogP contribution in [0, 0.1) is 14.0 Å². The average molecular weight is 261 g/mol. The van der Waals surface area contributed by atoms with Gasteiger partial charge >= 0.3 is 7.05 Å². The Morgan fingerprint density at radius 1 is 1.62 bits per heavy atom. The van der Waals surface area contributed by atoms with Crippen LogP contribution < -0.4 is 5.32 Å². The van der Waals surface area contributed by atoms with Crippen LogP contribution in [0.4, 0.5) is 0 Å². The largest absolute Gasteiger partial charge is 0.565 e. The zero-order valence-corrected chi connectivity index (χ0v) is 11.1. The van der Waals surface area contributed by atoms with Crippen molar-refractivity contribution >= 4 is 7.05 Å². The van der Waals surface area contributed by atoms with E-state index in [4.69, 9.17) is 5.11 Å². The summed E-state index contributed by atoms with van der Waals surface area (Å²) in [5.74, 6) is 0. The molecule has 0 aromatic carbocycles. The summed E-state index contributed by atoms with van der Waals surface area (Å²) in [7, 11) is -0.481. The second kappa shape index (κ2) is 8.33. The van der Waals surface area contributed by atoms with E-state index >= 15 is 0 Å². The summed E-state index contributed by atoms with van der Waals surface area (Å²) in [6.07, 6.45) is 0. The quantitative estimate of drug-likeness (QED) is 0.465. The van der Waals surface area contributed by atoms with Crippen LogP contribution in [0.1, 0.15) is 0 Å². The van der Waals surface area contributed by atoms with Crippen LogP contribution in [0.3, 0.4) is 0 Å². The van der Waals surface area contributed by atoms with Gasteiger partial charge in [0.1, 0.15) is 0 Å². The first kappa shape index (κ1) is 16.4. The number of hydrogen-bond acceptors (Lipinski definition) is 4. The molecule has 0 aromatic heterocycles. The van der Waals surface area contributed by atoms with Crippen molar-refractivity contribution in [3.63, 3.8) is 0 Å². The molecule has 0 spiro atoms. The van der Waals surface area contributed by atoms with Crippen LogP contribution in [0.25, 0.3) is 0 Å². The third kappa shape index (κ3) is 4.86. The molecule has 13 heavy (non-hydrogen) atoms. The number of aliphatic hydroxyl groups is 1. The molecule has 0 bridgehead atoms. The molecule has 6 heteroatoms. The van der Waals surface area contributed by atoms with E-state index in [9.17, 15) is 5.02 Å². The van der Waals surface area contributed by atoms with Gasteiger partial charge in [-0.25, -0.2) is 6.61 Å². The van der Waals surface area contributed by atoms with E-state index in [-0.39, 0.29) is 40.1 Å². The molecule has 1 rings (SSSR count). The third-order valence-electron chi connectivity index (χ3n) is 2.00. The number of nitrogens with one attached hydrogen (secondary N) is 1. The van der Waals surface area contributed by atoms with Crippen LogP contribution in [0.15, 0.2) is 0 Å². The maximum Gasteiger partial charge on any atom is 0.374 e. The van der Waals surface area contributed by atoms with Crippen molar-refractivity contribution in [1.82, 2.24) is 10.1 Å². The number of hydrogen-bond donors (Lipinski definition) is 3. The van der Waals surface area contributed by atoms with Gasteiger partial charge in [-0.1, -0.05) is 0 Å². The first-order valence-corrected chi connectivity index (χ1v) is 3.86. The Hall–Kier alpha value is 1.01. The van der Waals surface area contributed by atoms with Crippen LogP contribution in [0.2, 0.25) is 6.82 Å². The van der Waals surface area contributed by atoms with Gasteiger partial charge in [0.25, 0.3) is 0 Å². The molecule has 1 saturated heterocycles. The van der Waals surface area contributed by atoms with Crippen molar-refractivity contribution in [2.24, 2.45) is 0 Å². The van der Waals surface area contributed by atoms with Gasteiger partial charge in [-0.2, -0.15) is 0 Å². The molecule has 1 aliphatic rings. The second-order valence-corrected chi connectivity index (χ2v) is 2.82. The molecule has 0 saturated carbocycles. The van der Waals surface area contributed by atoms with Crippen molar-refractivity contribution < 1.29 is 42.8 Å². The normalized spacial score (nSPS) is 15.7. The molecule has 0 atom stereocenters. The Kier molecular flexibility index (Phi) is 10.5. The Labute approximate surface area is 106 Å². The minimum atomic E-state index is -0.481. The fourth-order valence-corrected chi connectivity index (χ4v) is 1.21. The van der Waals surface area contributed by atoms with Gasteiger partial charge < -0.3 is 27.7 Å². The predicted molar refractivity (Wildman–Crippen MR) is 49.9 cm³/mol. The van der Waals surface area contributed by atoms with Crippen molar-refractivity contribution in [2.45, 2.75) is 12.9 Å². The molecule has 0 aliphatic carbocycles. The molecular formula is C7H17BN2O2Y-2. The molecule has 0 unspecified atom stereocenters. The SMILES string of the molecule is CB(O)N(C[CH-]O)C1CNC1.[CH3-].[Y]. The van der Waals surface area contributed by atoms with Crippen molar-refractivity contribution in [3.8, 4) is 0 Å². The molecule has 0 amide bonds. The molecule has 4 nitrogen and oxygen atoms in total. The zero-order chi connectivity index (χ0) is 8.27. The summed E-state index contributed by atoms with van der Waals surface area (Å²) in [6, 6.07) is 0.374. The summed E-state index contributed by atoms with van der Waals surface area (Å²) in [4.78, 5) is 1.84. The van der Waals surface area contributed by atoms with Gasteiger partial charge in [0.15, 0.2) is 0 Å². The predicted octanol–water partition coefficient (Wildman–Crippen LogP) is -0.647. The number of aliphatic hydroxyl groups excluding tert-OH is 1.